The number of aliphatic hydroxyl groups is 1. The van der Waals surface area contributed by atoms with Crippen LogP contribution in [-0.4, -0.2) is 62.5 Å². The van der Waals surface area contributed by atoms with E-state index in [-0.39, 0.29) is 6.61 Å². The lowest BCUT2D eigenvalue weighted by atomic mass is 9.96. The minimum Gasteiger partial charge on any atom is -0.395 e. The van der Waals surface area contributed by atoms with Crippen LogP contribution in [0.25, 0.3) is 11.0 Å². The van der Waals surface area contributed by atoms with E-state index in [1.165, 1.54) is 32.1 Å². The third-order valence-corrected chi connectivity index (χ3v) is 6.11. The first kappa shape index (κ1) is 22.5. The molecule has 0 aliphatic heterocycles. The predicted octanol–water partition coefficient (Wildman–Crippen LogP) is 4.19. The number of rotatable bonds is 11. The molecular formula is C24H35N7O. The van der Waals surface area contributed by atoms with Crippen molar-refractivity contribution in [3.8, 4) is 0 Å². The average molecular weight is 438 g/mol. The number of hydrogen-bond acceptors (Lipinski definition) is 7. The van der Waals surface area contributed by atoms with Crippen molar-refractivity contribution in [1.29, 1.82) is 0 Å². The first-order chi connectivity index (χ1) is 15.8. The molecule has 1 aromatic carbocycles. The molecule has 3 aromatic rings. The summed E-state index contributed by atoms with van der Waals surface area (Å²) in [6, 6.07) is 8.63. The Morgan fingerprint density at radius 2 is 1.81 bits per heavy atom. The van der Waals surface area contributed by atoms with E-state index in [0.717, 1.165) is 55.0 Å². The molecule has 0 amide bonds. The van der Waals surface area contributed by atoms with Gasteiger partial charge in [-0.1, -0.05) is 26.2 Å². The maximum absolute atomic E-state index is 9.17. The smallest absolute Gasteiger partial charge is 0.229 e. The summed E-state index contributed by atoms with van der Waals surface area (Å²) in [5, 5.41) is 21.5. The van der Waals surface area contributed by atoms with Gasteiger partial charge in [-0.2, -0.15) is 10.1 Å². The number of aromatic nitrogens is 4. The zero-order valence-electron chi connectivity index (χ0n) is 19.0. The van der Waals surface area contributed by atoms with Crippen LogP contribution < -0.4 is 10.6 Å². The van der Waals surface area contributed by atoms with E-state index in [1.807, 2.05) is 24.5 Å². The summed E-state index contributed by atoms with van der Waals surface area (Å²) >= 11 is 0. The van der Waals surface area contributed by atoms with Crippen LogP contribution in [0, 0.1) is 0 Å². The standard InChI is InChI=1S/C24H35N7O/c1-2-13-30(15-16-32)14-12-25-20-8-10-21(11-9-20)28-24-26-17-19-18-27-31(23(19)29-24)22-6-4-3-5-7-22/h8-11,17-18,22,25,32H,2-7,12-16H2,1H3,(H,26,28,29). The summed E-state index contributed by atoms with van der Waals surface area (Å²) < 4.78 is 2.09. The zero-order chi connectivity index (χ0) is 22.2. The number of nitrogens with zero attached hydrogens (tertiary/aromatic N) is 5. The SMILES string of the molecule is CCCN(CCO)CCNc1ccc(Nc2ncc3cnn(C4CCCCC4)c3n2)cc1. The molecule has 1 saturated carbocycles. The summed E-state index contributed by atoms with van der Waals surface area (Å²) in [6.45, 7) is 5.86. The molecule has 3 N–H and O–H groups in total. The summed E-state index contributed by atoms with van der Waals surface area (Å²) in [5.74, 6) is 0.593. The maximum Gasteiger partial charge on any atom is 0.229 e. The molecule has 8 heteroatoms. The van der Waals surface area contributed by atoms with Gasteiger partial charge in [0.15, 0.2) is 5.65 Å². The monoisotopic (exact) mass is 437 g/mol. The molecular weight excluding hydrogens is 402 g/mol. The van der Waals surface area contributed by atoms with Crippen LogP contribution >= 0.6 is 0 Å². The van der Waals surface area contributed by atoms with E-state index in [0.29, 0.717) is 12.0 Å². The predicted molar refractivity (Wildman–Crippen MR) is 129 cm³/mol. The number of anilines is 3. The number of nitrogens with one attached hydrogen (secondary N) is 2. The summed E-state index contributed by atoms with van der Waals surface area (Å²) in [7, 11) is 0. The molecule has 0 saturated heterocycles. The highest BCUT2D eigenvalue weighted by atomic mass is 16.3. The Labute approximate surface area is 190 Å². The maximum atomic E-state index is 9.17. The van der Waals surface area contributed by atoms with Crippen molar-refractivity contribution in [2.45, 2.75) is 51.5 Å². The number of hydrogen-bond donors (Lipinski definition) is 3. The summed E-state index contributed by atoms with van der Waals surface area (Å²) in [6.07, 6.45) is 11.0. The molecule has 0 bridgehead atoms. The lowest BCUT2D eigenvalue weighted by Crippen LogP contribution is -2.32. The van der Waals surface area contributed by atoms with Gasteiger partial charge in [0.2, 0.25) is 5.95 Å². The second-order valence-electron chi connectivity index (χ2n) is 8.55. The summed E-state index contributed by atoms with van der Waals surface area (Å²) in [4.78, 5) is 11.5. The Bertz CT molecular complexity index is 960. The second-order valence-corrected chi connectivity index (χ2v) is 8.55. The molecule has 2 heterocycles. The van der Waals surface area contributed by atoms with E-state index in [1.54, 1.807) is 0 Å². The van der Waals surface area contributed by atoms with Crippen molar-refractivity contribution in [1.82, 2.24) is 24.6 Å². The highest BCUT2D eigenvalue weighted by Gasteiger charge is 2.19. The van der Waals surface area contributed by atoms with Gasteiger partial charge in [-0.25, -0.2) is 9.67 Å². The third-order valence-electron chi connectivity index (χ3n) is 6.11. The first-order valence-corrected chi connectivity index (χ1v) is 11.9. The van der Waals surface area contributed by atoms with Gasteiger partial charge in [0.05, 0.1) is 24.2 Å². The highest BCUT2D eigenvalue weighted by Crippen LogP contribution is 2.30. The quantitative estimate of drug-likeness (QED) is 0.414. The molecule has 172 valence electrons. The minimum atomic E-state index is 0.204. The van der Waals surface area contributed by atoms with Crippen LogP contribution in [0.4, 0.5) is 17.3 Å². The number of aliphatic hydroxyl groups excluding tert-OH is 1. The molecule has 32 heavy (non-hydrogen) atoms. The fourth-order valence-electron chi connectivity index (χ4n) is 4.44. The molecule has 0 radical (unpaired) electrons. The van der Waals surface area contributed by atoms with Gasteiger partial charge >= 0.3 is 0 Å². The molecule has 1 aliphatic carbocycles. The molecule has 4 rings (SSSR count). The van der Waals surface area contributed by atoms with Crippen molar-refractivity contribution < 1.29 is 5.11 Å². The fourth-order valence-corrected chi connectivity index (χ4v) is 4.44. The average Bonchev–Trinajstić information content (AvgIpc) is 3.24. The Morgan fingerprint density at radius 3 is 2.56 bits per heavy atom. The highest BCUT2D eigenvalue weighted by molar-refractivity contribution is 5.75. The molecule has 1 fully saturated rings. The molecule has 0 spiro atoms. The van der Waals surface area contributed by atoms with Crippen molar-refractivity contribution in [3.63, 3.8) is 0 Å². The Balaban J connectivity index is 1.35. The van der Waals surface area contributed by atoms with Gasteiger partial charge in [0, 0.05) is 37.2 Å². The summed E-state index contributed by atoms with van der Waals surface area (Å²) in [5.41, 5.74) is 2.93. The third kappa shape index (κ3) is 5.75. The second kappa shape index (κ2) is 11.2. The van der Waals surface area contributed by atoms with E-state index in [4.69, 9.17) is 4.98 Å². The van der Waals surface area contributed by atoms with Crippen molar-refractivity contribution >= 4 is 28.4 Å². The molecule has 0 unspecified atom stereocenters. The Kier molecular flexibility index (Phi) is 7.90. The van der Waals surface area contributed by atoms with Crippen LogP contribution in [0.15, 0.2) is 36.7 Å². The van der Waals surface area contributed by atoms with Crippen LogP contribution in [0.1, 0.15) is 51.5 Å². The molecule has 8 nitrogen and oxygen atoms in total. The molecule has 2 aromatic heterocycles. The number of benzene rings is 1. The van der Waals surface area contributed by atoms with Crippen molar-refractivity contribution in [3.05, 3.63) is 36.7 Å². The van der Waals surface area contributed by atoms with Crippen LogP contribution in [0.3, 0.4) is 0 Å². The zero-order valence-corrected chi connectivity index (χ0v) is 19.0. The lowest BCUT2D eigenvalue weighted by molar-refractivity contribution is 0.200. The normalized spacial score (nSPS) is 14.8. The van der Waals surface area contributed by atoms with E-state index in [9.17, 15) is 5.11 Å². The first-order valence-electron chi connectivity index (χ1n) is 11.9. The lowest BCUT2D eigenvalue weighted by Gasteiger charge is -2.22. The van der Waals surface area contributed by atoms with E-state index in [2.05, 4.69) is 49.4 Å². The van der Waals surface area contributed by atoms with Gasteiger partial charge < -0.3 is 15.7 Å². The van der Waals surface area contributed by atoms with Crippen molar-refractivity contribution in [2.24, 2.45) is 0 Å². The van der Waals surface area contributed by atoms with Gasteiger partial charge in [-0.15, -0.1) is 0 Å². The largest absolute Gasteiger partial charge is 0.395 e. The topological polar surface area (TPSA) is 91.1 Å². The van der Waals surface area contributed by atoms with E-state index < -0.39 is 0 Å². The number of fused-ring (bicyclic) bond motifs is 1. The van der Waals surface area contributed by atoms with E-state index >= 15 is 0 Å². The van der Waals surface area contributed by atoms with Crippen LogP contribution in [-0.2, 0) is 0 Å². The fraction of sp³-hybridized carbons (Fsp3) is 0.542. The van der Waals surface area contributed by atoms with Gasteiger partial charge in [0.1, 0.15) is 0 Å². The van der Waals surface area contributed by atoms with Gasteiger partial charge in [-0.3, -0.25) is 4.90 Å². The molecule has 1 aliphatic rings. The van der Waals surface area contributed by atoms with Gasteiger partial charge in [0.25, 0.3) is 0 Å². The van der Waals surface area contributed by atoms with Crippen molar-refractivity contribution in [2.75, 3.05) is 43.4 Å². The Morgan fingerprint density at radius 1 is 1.03 bits per heavy atom. The van der Waals surface area contributed by atoms with Gasteiger partial charge in [-0.05, 0) is 50.1 Å². The van der Waals surface area contributed by atoms with Crippen LogP contribution in [0.5, 0.6) is 0 Å². The molecule has 0 atom stereocenters. The van der Waals surface area contributed by atoms with Crippen LogP contribution in [0.2, 0.25) is 0 Å². The Hall–Kier alpha value is -2.71. The minimum absolute atomic E-state index is 0.204.